The van der Waals surface area contributed by atoms with Crippen molar-refractivity contribution in [2.24, 2.45) is 5.41 Å². The molecule has 3 atom stereocenters. The minimum atomic E-state index is -1.04. The maximum Gasteiger partial charge on any atom is 0.408 e. The van der Waals surface area contributed by atoms with Crippen molar-refractivity contribution in [3.8, 4) is 0 Å². The number of hydrogen-bond acceptors (Lipinski definition) is 5. The van der Waals surface area contributed by atoms with Gasteiger partial charge in [-0.15, -0.1) is 11.8 Å². The highest BCUT2D eigenvalue weighted by atomic mass is 32.2. The fourth-order valence-corrected chi connectivity index (χ4v) is 5.27. The third-order valence-electron chi connectivity index (χ3n) is 5.63. The third kappa shape index (κ3) is 6.44. The van der Waals surface area contributed by atoms with Crippen molar-refractivity contribution in [3.05, 3.63) is 42.5 Å². The Morgan fingerprint density at radius 1 is 1.06 bits per heavy atom. The van der Waals surface area contributed by atoms with E-state index in [2.05, 4.69) is 11.4 Å². The number of aliphatic carboxylic acids is 1. The predicted molar refractivity (Wildman–Crippen MR) is 134 cm³/mol. The van der Waals surface area contributed by atoms with E-state index in [1.807, 2.05) is 57.2 Å². The predicted octanol–water partition coefficient (Wildman–Crippen LogP) is 4.93. The zero-order valence-electron chi connectivity index (χ0n) is 20.6. The van der Waals surface area contributed by atoms with Crippen molar-refractivity contribution >= 4 is 40.5 Å². The molecule has 0 aromatic heterocycles. The molecule has 1 aliphatic rings. The molecular weight excluding hydrogens is 452 g/mol. The van der Waals surface area contributed by atoms with E-state index in [-0.39, 0.29) is 11.8 Å². The molecule has 0 spiro atoms. The zero-order chi connectivity index (χ0) is 25.3. The average Bonchev–Trinajstić information content (AvgIpc) is 3.13. The van der Waals surface area contributed by atoms with Crippen LogP contribution in [0, 0.1) is 5.41 Å². The zero-order valence-corrected chi connectivity index (χ0v) is 21.4. The molecule has 1 aliphatic heterocycles. The van der Waals surface area contributed by atoms with Crippen LogP contribution in [0.4, 0.5) is 4.79 Å². The summed E-state index contributed by atoms with van der Waals surface area (Å²) in [5.74, 6) is -1.45. The van der Waals surface area contributed by atoms with Gasteiger partial charge in [0, 0.05) is 16.7 Å². The Morgan fingerprint density at radius 3 is 2.29 bits per heavy atom. The number of likely N-dealkylation sites (tertiary alicyclic amines) is 1. The van der Waals surface area contributed by atoms with Crippen LogP contribution in [0.25, 0.3) is 10.8 Å². The summed E-state index contributed by atoms with van der Waals surface area (Å²) in [6.45, 7) is 11.0. The van der Waals surface area contributed by atoms with Gasteiger partial charge >= 0.3 is 12.1 Å². The summed E-state index contributed by atoms with van der Waals surface area (Å²) in [7, 11) is 0. The van der Waals surface area contributed by atoms with Crippen LogP contribution in [0.15, 0.2) is 47.4 Å². The monoisotopic (exact) mass is 486 g/mol. The number of fused-ring (bicyclic) bond motifs is 1. The largest absolute Gasteiger partial charge is 0.480 e. The van der Waals surface area contributed by atoms with E-state index in [0.717, 1.165) is 15.7 Å². The van der Waals surface area contributed by atoms with Crippen LogP contribution in [0.5, 0.6) is 0 Å². The molecule has 3 rings (SSSR count). The van der Waals surface area contributed by atoms with Crippen LogP contribution >= 0.6 is 11.8 Å². The van der Waals surface area contributed by atoms with Crippen LogP contribution in [0.3, 0.4) is 0 Å². The molecule has 34 heavy (non-hydrogen) atoms. The summed E-state index contributed by atoms with van der Waals surface area (Å²) < 4.78 is 5.34. The Labute approximate surface area is 205 Å². The van der Waals surface area contributed by atoms with Gasteiger partial charge in [-0.2, -0.15) is 0 Å². The van der Waals surface area contributed by atoms with Gasteiger partial charge in [-0.25, -0.2) is 9.59 Å². The number of hydrogen-bond donors (Lipinski definition) is 2. The quantitative estimate of drug-likeness (QED) is 0.622. The van der Waals surface area contributed by atoms with Crippen molar-refractivity contribution in [1.29, 1.82) is 0 Å². The number of rotatable bonds is 5. The Bertz CT molecular complexity index is 1070. The Kier molecular flexibility index (Phi) is 7.50. The van der Waals surface area contributed by atoms with Crippen molar-refractivity contribution in [2.75, 3.05) is 6.54 Å². The van der Waals surface area contributed by atoms with Gasteiger partial charge in [0.1, 0.15) is 17.7 Å². The van der Waals surface area contributed by atoms with Crippen LogP contribution in [-0.2, 0) is 14.3 Å². The third-order valence-corrected chi connectivity index (χ3v) is 6.83. The Hall–Kier alpha value is -2.74. The van der Waals surface area contributed by atoms with E-state index in [0.29, 0.717) is 6.42 Å². The molecule has 2 amide bonds. The number of benzene rings is 2. The van der Waals surface area contributed by atoms with Gasteiger partial charge in [-0.05, 0) is 55.5 Å². The minimum Gasteiger partial charge on any atom is -0.480 e. The number of nitrogens with zero attached hydrogens (tertiary/aromatic N) is 1. The molecule has 1 heterocycles. The number of carboxylic acid groups (broad SMARTS) is 1. The maximum absolute atomic E-state index is 13.6. The molecule has 1 fully saturated rings. The first-order valence-corrected chi connectivity index (χ1v) is 12.3. The lowest BCUT2D eigenvalue weighted by molar-refractivity contribution is -0.150. The molecule has 1 unspecified atom stereocenters. The average molecular weight is 487 g/mol. The molecule has 2 aromatic carbocycles. The second-order valence-electron chi connectivity index (χ2n) is 10.8. The van der Waals surface area contributed by atoms with Gasteiger partial charge in [0.15, 0.2) is 0 Å². The van der Waals surface area contributed by atoms with Crippen LogP contribution in [0.1, 0.15) is 48.0 Å². The molecular formula is C26H34N2O5S. The highest BCUT2D eigenvalue weighted by molar-refractivity contribution is 8.00. The molecule has 2 aromatic rings. The molecule has 0 saturated carbocycles. The second kappa shape index (κ2) is 9.86. The summed E-state index contributed by atoms with van der Waals surface area (Å²) >= 11 is 1.58. The molecule has 0 radical (unpaired) electrons. The molecule has 1 saturated heterocycles. The Balaban J connectivity index is 1.78. The van der Waals surface area contributed by atoms with Crippen molar-refractivity contribution in [3.63, 3.8) is 0 Å². The Morgan fingerprint density at radius 2 is 1.71 bits per heavy atom. The number of alkyl carbamates (subject to hydrolysis) is 1. The van der Waals surface area contributed by atoms with Gasteiger partial charge in [-0.1, -0.05) is 51.1 Å². The normalized spacial score (nSPS) is 19.6. The molecule has 0 aliphatic carbocycles. The maximum atomic E-state index is 13.6. The summed E-state index contributed by atoms with van der Waals surface area (Å²) in [6.07, 6.45) is -0.365. The van der Waals surface area contributed by atoms with E-state index in [1.165, 1.54) is 4.90 Å². The lowest BCUT2D eigenvalue weighted by atomic mass is 9.85. The van der Waals surface area contributed by atoms with Crippen molar-refractivity contribution < 1.29 is 24.2 Å². The lowest BCUT2D eigenvalue weighted by Gasteiger charge is -2.35. The van der Waals surface area contributed by atoms with Crippen LogP contribution in [-0.4, -0.2) is 57.5 Å². The first-order chi connectivity index (χ1) is 15.7. The molecule has 0 bridgehead atoms. The fourth-order valence-electron chi connectivity index (χ4n) is 4.03. The number of ether oxygens (including phenoxy) is 1. The van der Waals surface area contributed by atoms with E-state index >= 15 is 0 Å². The van der Waals surface area contributed by atoms with E-state index in [9.17, 15) is 19.5 Å². The van der Waals surface area contributed by atoms with E-state index < -0.39 is 41.1 Å². The summed E-state index contributed by atoms with van der Waals surface area (Å²) in [6, 6.07) is 12.3. The first-order valence-electron chi connectivity index (χ1n) is 11.4. The smallest absolute Gasteiger partial charge is 0.408 e. The number of thioether (sulfide) groups is 1. The van der Waals surface area contributed by atoms with E-state index in [4.69, 9.17) is 4.74 Å². The van der Waals surface area contributed by atoms with Gasteiger partial charge in [-0.3, -0.25) is 4.79 Å². The highest BCUT2D eigenvalue weighted by Gasteiger charge is 2.45. The number of carbonyl (C=O) groups excluding carboxylic acids is 2. The van der Waals surface area contributed by atoms with Gasteiger partial charge < -0.3 is 20.1 Å². The summed E-state index contributed by atoms with van der Waals surface area (Å²) in [4.78, 5) is 40.5. The van der Waals surface area contributed by atoms with Crippen LogP contribution < -0.4 is 5.32 Å². The van der Waals surface area contributed by atoms with Gasteiger partial charge in [0.05, 0.1) is 0 Å². The standard InChI is InChI=1S/C26H34N2O5S/c1-25(2,3)21(27-24(32)33-26(4,5)6)22(29)28-15-19(14-20(28)23(30)31)34-18-12-11-16-9-7-8-10-17(16)13-18/h7-13,19-21H,14-15H2,1-6H3,(H,27,32)(H,30,31)/t19-,20+,21?/m1/s1. The number of carbonyl (C=O) groups is 3. The molecule has 8 heteroatoms. The number of nitrogens with one attached hydrogen (secondary N) is 1. The molecule has 7 nitrogen and oxygen atoms in total. The highest BCUT2D eigenvalue weighted by Crippen LogP contribution is 2.36. The van der Waals surface area contributed by atoms with Crippen molar-refractivity contribution in [1.82, 2.24) is 10.2 Å². The van der Waals surface area contributed by atoms with Crippen molar-refractivity contribution in [2.45, 2.75) is 75.8 Å². The molecule has 184 valence electrons. The summed E-state index contributed by atoms with van der Waals surface area (Å²) in [5, 5.41) is 14.7. The second-order valence-corrected chi connectivity index (χ2v) is 12.1. The first kappa shape index (κ1) is 25.9. The minimum absolute atomic E-state index is 0.0756. The van der Waals surface area contributed by atoms with Gasteiger partial charge in [0.2, 0.25) is 5.91 Å². The summed E-state index contributed by atoms with van der Waals surface area (Å²) in [5.41, 5.74) is -1.35. The van der Waals surface area contributed by atoms with E-state index in [1.54, 1.807) is 32.5 Å². The number of carboxylic acids is 1. The van der Waals surface area contributed by atoms with Crippen LogP contribution in [0.2, 0.25) is 0 Å². The fraction of sp³-hybridized carbons (Fsp3) is 0.500. The van der Waals surface area contributed by atoms with Gasteiger partial charge in [0.25, 0.3) is 0 Å². The topological polar surface area (TPSA) is 95.9 Å². The molecule has 2 N–H and O–H groups in total. The number of amides is 2. The SMILES string of the molecule is CC(C)(C)OC(=O)NC(C(=O)N1C[C@H](Sc2ccc3ccccc3c2)C[C@H]1C(=O)O)C(C)(C)C. The lowest BCUT2D eigenvalue weighted by Crippen LogP contribution is -2.57.